The van der Waals surface area contributed by atoms with Crippen molar-refractivity contribution >= 4 is 26.7 Å². The van der Waals surface area contributed by atoms with Gasteiger partial charge in [-0.1, -0.05) is 12.1 Å². The van der Waals surface area contributed by atoms with Crippen LogP contribution in [0.15, 0.2) is 53.4 Å². The van der Waals surface area contributed by atoms with E-state index < -0.39 is 10.0 Å². The lowest BCUT2D eigenvalue weighted by Gasteiger charge is -2.38. The Morgan fingerprint density at radius 3 is 2.50 bits per heavy atom. The van der Waals surface area contributed by atoms with Gasteiger partial charge in [-0.15, -0.1) is 0 Å². The lowest BCUT2D eigenvalue weighted by atomic mass is 10.1. The molecule has 1 aromatic heterocycles. The third kappa shape index (κ3) is 4.72. The van der Waals surface area contributed by atoms with Gasteiger partial charge in [0.25, 0.3) is 0 Å². The van der Waals surface area contributed by atoms with Gasteiger partial charge in [0, 0.05) is 43.6 Å². The van der Waals surface area contributed by atoms with Crippen molar-refractivity contribution in [2.75, 3.05) is 38.8 Å². The minimum Gasteiger partial charge on any atom is -0.497 e. The van der Waals surface area contributed by atoms with Gasteiger partial charge in [0.05, 0.1) is 19.1 Å². The van der Waals surface area contributed by atoms with Gasteiger partial charge in [-0.05, 0) is 48.9 Å². The molecule has 1 aliphatic heterocycles. The molecule has 32 heavy (non-hydrogen) atoms. The fourth-order valence-electron chi connectivity index (χ4n) is 3.76. The molecule has 0 aliphatic carbocycles. The molecular formula is C22H26N4O4S2. The van der Waals surface area contributed by atoms with E-state index in [2.05, 4.69) is 9.27 Å². The second kappa shape index (κ2) is 9.43. The number of methoxy groups -OCH3 is 2. The highest BCUT2D eigenvalue weighted by Gasteiger charge is 2.34. The van der Waals surface area contributed by atoms with Crippen LogP contribution in [0.3, 0.4) is 0 Å². The van der Waals surface area contributed by atoms with E-state index in [-0.39, 0.29) is 10.9 Å². The van der Waals surface area contributed by atoms with E-state index in [4.69, 9.17) is 14.5 Å². The summed E-state index contributed by atoms with van der Waals surface area (Å²) in [7, 11) is -0.375. The van der Waals surface area contributed by atoms with Crippen LogP contribution in [0.1, 0.15) is 18.3 Å². The van der Waals surface area contributed by atoms with Gasteiger partial charge in [0.2, 0.25) is 15.2 Å². The third-order valence-electron chi connectivity index (χ3n) is 5.46. The maximum Gasteiger partial charge on any atom is 0.243 e. The zero-order valence-corrected chi connectivity index (χ0v) is 19.9. The average molecular weight is 475 g/mol. The van der Waals surface area contributed by atoms with E-state index >= 15 is 0 Å². The van der Waals surface area contributed by atoms with Crippen molar-refractivity contribution in [3.8, 4) is 11.5 Å². The van der Waals surface area contributed by atoms with Crippen LogP contribution in [-0.2, 0) is 16.4 Å². The number of piperazine rings is 1. The van der Waals surface area contributed by atoms with Gasteiger partial charge < -0.3 is 14.4 Å². The fraction of sp³-hybridized carbons (Fsp3) is 0.364. The molecule has 1 fully saturated rings. The number of hydrogen-bond acceptors (Lipinski definition) is 8. The van der Waals surface area contributed by atoms with Crippen LogP contribution in [-0.4, -0.2) is 62.0 Å². The van der Waals surface area contributed by atoms with Crippen molar-refractivity contribution in [2.24, 2.45) is 0 Å². The largest absolute Gasteiger partial charge is 0.497 e. The van der Waals surface area contributed by atoms with E-state index in [1.54, 1.807) is 42.8 Å². The van der Waals surface area contributed by atoms with Crippen molar-refractivity contribution in [1.29, 1.82) is 0 Å². The van der Waals surface area contributed by atoms with Crippen molar-refractivity contribution in [3.05, 3.63) is 59.9 Å². The van der Waals surface area contributed by atoms with Crippen LogP contribution in [0.2, 0.25) is 0 Å². The smallest absolute Gasteiger partial charge is 0.243 e. The first-order valence-corrected chi connectivity index (χ1v) is 12.5. The molecule has 8 nitrogen and oxygen atoms in total. The molecule has 0 radical (unpaired) electrons. The molecule has 170 valence electrons. The molecule has 0 saturated carbocycles. The van der Waals surface area contributed by atoms with Gasteiger partial charge in [-0.3, -0.25) is 0 Å². The number of aromatic nitrogens is 2. The maximum absolute atomic E-state index is 13.1. The van der Waals surface area contributed by atoms with Crippen LogP contribution in [0.25, 0.3) is 0 Å². The number of sulfonamides is 1. The Morgan fingerprint density at radius 2 is 1.81 bits per heavy atom. The van der Waals surface area contributed by atoms with E-state index in [0.717, 1.165) is 22.3 Å². The standard InChI is InChI=1S/C22H26N4O4S2/c1-16-15-25(11-12-26(16)32(27,28)20-9-7-18(29-2)8-10-20)22-23-21(24-31-22)14-17-5-4-6-19(13-17)30-3/h4-10,13,16H,11-12,14-15H2,1-3H3. The van der Waals surface area contributed by atoms with Crippen LogP contribution in [0.4, 0.5) is 5.13 Å². The predicted octanol–water partition coefficient (Wildman–Crippen LogP) is 3.05. The maximum atomic E-state index is 13.1. The summed E-state index contributed by atoms with van der Waals surface area (Å²) in [5.74, 6) is 2.18. The van der Waals surface area contributed by atoms with E-state index in [0.29, 0.717) is 31.8 Å². The molecule has 1 atom stereocenters. The number of nitrogens with zero attached hydrogens (tertiary/aromatic N) is 4. The molecule has 0 N–H and O–H groups in total. The van der Waals surface area contributed by atoms with E-state index in [1.807, 2.05) is 31.2 Å². The molecule has 1 aliphatic rings. The lowest BCUT2D eigenvalue weighted by molar-refractivity contribution is 0.306. The second-order valence-corrected chi connectivity index (χ2v) is 10.2. The van der Waals surface area contributed by atoms with Crippen LogP contribution < -0.4 is 14.4 Å². The third-order valence-corrected chi connectivity index (χ3v) is 8.30. The number of benzene rings is 2. The lowest BCUT2D eigenvalue weighted by Crippen LogP contribution is -2.54. The molecule has 1 unspecified atom stereocenters. The molecule has 3 aromatic rings. The average Bonchev–Trinajstić information content (AvgIpc) is 3.27. The number of hydrogen-bond donors (Lipinski definition) is 0. The highest BCUT2D eigenvalue weighted by molar-refractivity contribution is 7.89. The quantitative estimate of drug-likeness (QED) is 0.520. The molecule has 2 aromatic carbocycles. The normalized spacial score (nSPS) is 17.3. The van der Waals surface area contributed by atoms with E-state index in [9.17, 15) is 8.42 Å². The van der Waals surface area contributed by atoms with E-state index in [1.165, 1.54) is 11.5 Å². The Morgan fingerprint density at radius 1 is 1.06 bits per heavy atom. The second-order valence-electron chi connectivity index (χ2n) is 7.61. The summed E-state index contributed by atoms with van der Waals surface area (Å²) in [4.78, 5) is 7.08. The number of ether oxygens (including phenoxy) is 2. The molecular weight excluding hydrogens is 448 g/mol. The van der Waals surface area contributed by atoms with Crippen molar-refractivity contribution in [3.63, 3.8) is 0 Å². The van der Waals surface area contributed by atoms with Crippen molar-refractivity contribution < 1.29 is 17.9 Å². The molecule has 0 spiro atoms. The summed E-state index contributed by atoms with van der Waals surface area (Å²) >= 11 is 1.35. The number of rotatable bonds is 7. The minimum absolute atomic E-state index is 0.193. The van der Waals surface area contributed by atoms with Gasteiger partial charge in [0.15, 0.2) is 0 Å². The molecule has 10 heteroatoms. The van der Waals surface area contributed by atoms with Gasteiger partial charge in [-0.25, -0.2) is 13.4 Å². The highest BCUT2D eigenvalue weighted by atomic mass is 32.2. The zero-order valence-electron chi connectivity index (χ0n) is 18.3. The highest BCUT2D eigenvalue weighted by Crippen LogP contribution is 2.27. The molecule has 4 rings (SSSR count). The summed E-state index contributed by atoms with van der Waals surface area (Å²) in [6, 6.07) is 14.2. The Kier molecular flexibility index (Phi) is 6.63. The van der Waals surface area contributed by atoms with Crippen LogP contribution >= 0.6 is 11.5 Å². The molecule has 0 amide bonds. The fourth-order valence-corrected chi connectivity index (χ4v) is 6.10. The van der Waals surface area contributed by atoms with Gasteiger partial charge in [0.1, 0.15) is 17.3 Å². The van der Waals surface area contributed by atoms with Crippen LogP contribution in [0.5, 0.6) is 11.5 Å². The zero-order chi connectivity index (χ0) is 22.7. The first-order valence-electron chi connectivity index (χ1n) is 10.3. The Balaban J connectivity index is 1.43. The summed E-state index contributed by atoms with van der Waals surface area (Å²) in [5.41, 5.74) is 1.08. The number of anilines is 1. The summed E-state index contributed by atoms with van der Waals surface area (Å²) in [6.45, 7) is 3.43. The van der Waals surface area contributed by atoms with Crippen molar-refractivity contribution in [2.45, 2.75) is 24.3 Å². The predicted molar refractivity (Wildman–Crippen MR) is 124 cm³/mol. The minimum atomic E-state index is -3.58. The Hall–Kier alpha value is -2.69. The van der Waals surface area contributed by atoms with Crippen LogP contribution in [0, 0.1) is 0 Å². The Bertz CT molecular complexity index is 1160. The molecule has 0 bridgehead atoms. The Labute approximate surface area is 192 Å². The molecule has 2 heterocycles. The van der Waals surface area contributed by atoms with Gasteiger partial charge >= 0.3 is 0 Å². The summed E-state index contributed by atoms with van der Waals surface area (Å²) < 4.78 is 42.7. The van der Waals surface area contributed by atoms with Gasteiger partial charge in [-0.2, -0.15) is 8.68 Å². The monoisotopic (exact) mass is 474 g/mol. The molecule has 1 saturated heterocycles. The first-order chi connectivity index (χ1) is 15.4. The topological polar surface area (TPSA) is 84.9 Å². The summed E-state index contributed by atoms with van der Waals surface area (Å²) in [6.07, 6.45) is 0.620. The first kappa shape index (κ1) is 22.5. The summed E-state index contributed by atoms with van der Waals surface area (Å²) in [5, 5.41) is 0.816. The van der Waals surface area contributed by atoms with Crippen molar-refractivity contribution in [1.82, 2.24) is 13.7 Å². The SMILES string of the molecule is COc1ccc(S(=O)(=O)N2CCN(c3nc(Cc4cccc(OC)c4)ns3)CC2C)cc1.